The molecule has 5 nitrogen and oxygen atoms in total. The molecule has 2 aromatic rings. The van der Waals surface area contributed by atoms with Crippen LogP contribution in [0.3, 0.4) is 0 Å². The van der Waals surface area contributed by atoms with Crippen molar-refractivity contribution >= 4 is 11.7 Å². The highest BCUT2D eigenvalue weighted by Crippen LogP contribution is 2.13. The summed E-state index contributed by atoms with van der Waals surface area (Å²) < 4.78 is 5.56. The maximum atomic E-state index is 12.3. The van der Waals surface area contributed by atoms with Crippen LogP contribution >= 0.6 is 0 Å². The molecule has 1 fully saturated rings. The van der Waals surface area contributed by atoms with Crippen molar-refractivity contribution < 1.29 is 9.53 Å². The quantitative estimate of drug-likeness (QED) is 0.939. The Kier molecular flexibility index (Phi) is 5.23. The highest BCUT2D eigenvalue weighted by atomic mass is 16.5. The van der Waals surface area contributed by atoms with E-state index in [0.717, 1.165) is 31.8 Å². The number of amides is 1. The maximum Gasteiger partial charge on any atom is 0.256 e. The van der Waals surface area contributed by atoms with E-state index >= 15 is 0 Å². The highest BCUT2D eigenvalue weighted by molar-refractivity contribution is 6.03. The third-order valence-corrected chi connectivity index (χ3v) is 4.10. The number of ether oxygens (including phenoxy) is 1. The van der Waals surface area contributed by atoms with Crippen LogP contribution in [-0.2, 0) is 11.3 Å². The molecular weight excluding hydrogens is 302 g/mol. The first-order valence-electron chi connectivity index (χ1n) is 8.27. The lowest BCUT2D eigenvalue weighted by Crippen LogP contribution is -2.40. The van der Waals surface area contributed by atoms with Gasteiger partial charge in [0.2, 0.25) is 0 Å². The van der Waals surface area contributed by atoms with E-state index in [1.807, 2.05) is 37.3 Å². The van der Waals surface area contributed by atoms with Crippen LogP contribution in [-0.4, -0.2) is 41.6 Å². The van der Waals surface area contributed by atoms with Gasteiger partial charge in [-0.1, -0.05) is 18.2 Å². The lowest BCUT2D eigenvalue weighted by atomic mass is 10.1. The lowest BCUT2D eigenvalue weighted by molar-refractivity contribution is -0.0212. The third-order valence-electron chi connectivity index (χ3n) is 4.10. The molecule has 24 heavy (non-hydrogen) atoms. The Balaban J connectivity index is 1.59. The molecule has 1 N–H and O–H groups in total. The number of carbonyl (C=O) groups is 1. The smallest absolute Gasteiger partial charge is 0.256 e. The summed E-state index contributed by atoms with van der Waals surface area (Å²) in [6.07, 6.45) is 2.02. The van der Waals surface area contributed by atoms with Gasteiger partial charge in [-0.3, -0.25) is 9.69 Å². The van der Waals surface area contributed by atoms with Gasteiger partial charge in [0.15, 0.2) is 0 Å². The first kappa shape index (κ1) is 16.6. The van der Waals surface area contributed by atoms with E-state index in [0.29, 0.717) is 11.4 Å². The number of nitrogens with one attached hydrogen (secondary N) is 1. The van der Waals surface area contributed by atoms with Gasteiger partial charge in [0.1, 0.15) is 5.82 Å². The molecule has 126 valence electrons. The van der Waals surface area contributed by atoms with Crippen molar-refractivity contribution in [1.29, 1.82) is 0 Å². The molecule has 0 bridgehead atoms. The molecule has 2 heterocycles. The van der Waals surface area contributed by atoms with Gasteiger partial charge < -0.3 is 10.1 Å². The molecule has 1 aromatic heterocycles. The van der Waals surface area contributed by atoms with Gasteiger partial charge in [0.25, 0.3) is 5.91 Å². The number of rotatable bonds is 4. The van der Waals surface area contributed by atoms with E-state index in [-0.39, 0.29) is 12.0 Å². The van der Waals surface area contributed by atoms with Gasteiger partial charge in [-0.05, 0) is 43.2 Å². The molecule has 1 aliphatic heterocycles. The zero-order valence-corrected chi connectivity index (χ0v) is 14.2. The van der Waals surface area contributed by atoms with Crippen LogP contribution < -0.4 is 5.32 Å². The first-order valence-corrected chi connectivity index (χ1v) is 8.27. The Morgan fingerprint density at radius 2 is 2.08 bits per heavy atom. The molecule has 1 amide bonds. The van der Waals surface area contributed by atoms with Gasteiger partial charge >= 0.3 is 0 Å². The van der Waals surface area contributed by atoms with Crippen molar-refractivity contribution in [3.63, 3.8) is 0 Å². The summed E-state index contributed by atoms with van der Waals surface area (Å²) in [6.45, 7) is 7.62. The Bertz CT molecular complexity index is 683. The van der Waals surface area contributed by atoms with E-state index in [9.17, 15) is 4.79 Å². The second-order valence-electron chi connectivity index (χ2n) is 6.29. The molecule has 1 atom stereocenters. The summed E-state index contributed by atoms with van der Waals surface area (Å²) in [5.41, 5.74) is 2.90. The van der Waals surface area contributed by atoms with Crippen molar-refractivity contribution in [1.82, 2.24) is 9.88 Å². The predicted octanol–water partition coefficient (Wildman–Crippen LogP) is 2.86. The van der Waals surface area contributed by atoms with Gasteiger partial charge in [-0.2, -0.15) is 0 Å². The third kappa shape index (κ3) is 4.40. The van der Waals surface area contributed by atoms with Gasteiger partial charge in [0, 0.05) is 31.4 Å². The number of hydrogen-bond donors (Lipinski definition) is 1. The molecule has 5 heteroatoms. The SMILES string of the molecule is Cc1ccc(NC(=O)c2ccc(CN3CCO[C@@H](C)C3)cc2)nc1. The monoisotopic (exact) mass is 325 g/mol. The lowest BCUT2D eigenvalue weighted by Gasteiger charge is -2.31. The van der Waals surface area contributed by atoms with Crippen LogP contribution in [0.15, 0.2) is 42.6 Å². The van der Waals surface area contributed by atoms with Crippen LogP contribution in [0.2, 0.25) is 0 Å². The number of anilines is 1. The minimum absolute atomic E-state index is 0.141. The van der Waals surface area contributed by atoms with Crippen molar-refractivity contribution in [3.8, 4) is 0 Å². The van der Waals surface area contributed by atoms with Crippen molar-refractivity contribution in [2.24, 2.45) is 0 Å². The Labute approximate surface area is 142 Å². The van der Waals surface area contributed by atoms with E-state index in [4.69, 9.17) is 4.74 Å². The number of pyridine rings is 1. The largest absolute Gasteiger partial charge is 0.376 e. The summed E-state index contributed by atoms with van der Waals surface area (Å²) in [5, 5.41) is 2.82. The van der Waals surface area contributed by atoms with Crippen LogP contribution in [0.1, 0.15) is 28.4 Å². The number of hydrogen-bond acceptors (Lipinski definition) is 4. The Morgan fingerprint density at radius 1 is 1.29 bits per heavy atom. The minimum Gasteiger partial charge on any atom is -0.376 e. The summed E-state index contributed by atoms with van der Waals surface area (Å²) >= 11 is 0. The van der Waals surface area contributed by atoms with Gasteiger partial charge in [-0.15, -0.1) is 0 Å². The van der Waals surface area contributed by atoms with E-state index in [2.05, 4.69) is 22.1 Å². The Hall–Kier alpha value is -2.24. The molecule has 0 unspecified atom stereocenters. The van der Waals surface area contributed by atoms with Crippen molar-refractivity contribution in [3.05, 3.63) is 59.3 Å². The second-order valence-corrected chi connectivity index (χ2v) is 6.29. The fourth-order valence-electron chi connectivity index (χ4n) is 2.78. The first-order chi connectivity index (χ1) is 11.6. The molecule has 1 aromatic carbocycles. The molecular formula is C19H23N3O2. The van der Waals surface area contributed by atoms with Crippen LogP contribution in [0, 0.1) is 6.92 Å². The van der Waals surface area contributed by atoms with E-state index < -0.39 is 0 Å². The molecule has 1 saturated heterocycles. The molecule has 0 saturated carbocycles. The molecule has 0 spiro atoms. The highest BCUT2D eigenvalue weighted by Gasteiger charge is 2.16. The predicted molar refractivity (Wildman–Crippen MR) is 94.1 cm³/mol. The van der Waals surface area contributed by atoms with Crippen LogP contribution in [0.5, 0.6) is 0 Å². The summed E-state index contributed by atoms with van der Waals surface area (Å²) in [6, 6.07) is 11.5. The number of nitrogens with zero attached hydrogens (tertiary/aromatic N) is 2. The number of carbonyl (C=O) groups excluding carboxylic acids is 1. The average molecular weight is 325 g/mol. The fourth-order valence-corrected chi connectivity index (χ4v) is 2.78. The molecule has 0 aliphatic carbocycles. The zero-order valence-electron chi connectivity index (χ0n) is 14.2. The van der Waals surface area contributed by atoms with Crippen molar-refractivity contribution in [2.45, 2.75) is 26.5 Å². The topological polar surface area (TPSA) is 54.5 Å². The average Bonchev–Trinajstić information content (AvgIpc) is 2.57. The van der Waals surface area contributed by atoms with E-state index in [1.54, 1.807) is 12.3 Å². The minimum atomic E-state index is -0.141. The number of morpholine rings is 1. The summed E-state index contributed by atoms with van der Waals surface area (Å²) in [4.78, 5) is 18.8. The maximum absolute atomic E-state index is 12.3. The normalized spacial score (nSPS) is 18.3. The Morgan fingerprint density at radius 3 is 2.75 bits per heavy atom. The second kappa shape index (κ2) is 7.55. The molecule has 3 rings (SSSR count). The van der Waals surface area contributed by atoms with Crippen molar-refractivity contribution in [2.75, 3.05) is 25.0 Å². The number of aryl methyl sites for hydroxylation is 1. The molecule has 1 aliphatic rings. The van der Waals surface area contributed by atoms with Gasteiger partial charge in [0.05, 0.1) is 12.7 Å². The van der Waals surface area contributed by atoms with Gasteiger partial charge in [-0.25, -0.2) is 4.98 Å². The number of aromatic nitrogens is 1. The fraction of sp³-hybridized carbons (Fsp3) is 0.368. The van der Waals surface area contributed by atoms with E-state index in [1.165, 1.54) is 5.56 Å². The zero-order chi connectivity index (χ0) is 16.9. The number of benzene rings is 1. The standard InChI is InChI=1S/C19H23N3O2/c1-14-3-8-18(20-11-14)21-19(23)17-6-4-16(5-7-17)13-22-9-10-24-15(2)12-22/h3-8,11,15H,9-10,12-13H2,1-2H3,(H,20,21,23)/t15-/m0/s1. The summed E-state index contributed by atoms with van der Waals surface area (Å²) in [7, 11) is 0. The summed E-state index contributed by atoms with van der Waals surface area (Å²) in [5.74, 6) is 0.426. The van der Waals surface area contributed by atoms with Crippen LogP contribution in [0.4, 0.5) is 5.82 Å². The molecule has 0 radical (unpaired) electrons. The van der Waals surface area contributed by atoms with Crippen LogP contribution in [0.25, 0.3) is 0 Å².